The number of nitrogens with zero attached hydrogens (tertiary/aromatic N) is 25. The van der Waals surface area contributed by atoms with Gasteiger partial charge in [0.25, 0.3) is 23.6 Å². The van der Waals surface area contributed by atoms with Gasteiger partial charge in [-0.15, -0.1) is 20.4 Å². The molecule has 146 heavy (non-hydrogen) atoms. The minimum absolute atomic E-state index is 0.00882. The van der Waals surface area contributed by atoms with E-state index in [0.29, 0.717) is 108 Å². The molecule has 0 saturated carbocycles. The number of halogens is 6. The summed E-state index contributed by atoms with van der Waals surface area (Å²) in [4.78, 5) is 153. The molecule has 23 heterocycles. The number of hydrogen-bond donors (Lipinski definition) is 8. The fourth-order valence-corrected chi connectivity index (χ4v) is 22.2. The summed E-state index contributed by atoms with van der Waals surface area (Å²) in [6, 6.07) is 3.93. The number of nitrogens with two attached hydrogens (primary N) is 4. The lowest BCUT2D eigenvalue weighted by Gasteiger charge is -2.55. The highest BCUT2D eigenvalue weighted by Gasteiger charge is 2.52. The van der Waals surface area contributed by atoms with Crippen LogP contribution in [0, 0.1) is 64.0 Å². The van der Waals surface area contributed by atoms with Crippen LogP contribution < -0.4 is 63.8 Å². The van der Waals surface area contributed by atoms with Crippen LogP contribution in [0.25, 0.3) is 22.6 Å². The van der Waals surface area contributed by atoms with Crippen molar-refractivity contribution in [2.45, 2.75) is 80.7 Å². The van der Waals surface area contributed by atoms with Gasteiger partial charge in [0.2, 0.25) is 23.6 Å². The van der Waals surface area contributed by atoms with E-state index in [2.05, 4.69) is 101 Å². The van der Waals surface area contributed by atoms with E-state index in [4.69, 9.17) is 27.7 Å². The van der Waals surface area contributed by atoms with Crippen LogP contribution in [-0.2, 0) is 43.6 Å². The van der Waals surface area contributed by atoms with Crippen molar-refractivity contribution in [2.24, 2.45) is 29.1 Å². The second-order valence-corrected chi connectivity index (χ2v) is 42.7. The lowest BCUT2D eigenvalue weighted by Crippen LogP contribution is -2.68. The molecule has 54 heteroatoms. The molecule has 11 aliphatic heterocycles. The summed E-state index contributed by atoms with van der Waals surface area (Å²) in [5, 5.41) is 25.7. The second-order valence-electron chi connectivity index (χ2n) is 38.1. The highest BCUT2D eigenvalue weighted by molar-refractivity contribution is 7.91. The minimum Gasteiger partial charge on any atom is -0.381 e. The summed E-state index contributed by atoms with van der Waals surface area (Å²) in [6.07, 6.45) is 28.5. The molecule has 2 bridgehead atoms. The zero-order chi connectivity index (χ0) is 103. The summed E-state index contributed by atoms with van der Waals surface area (Å²) in [5.41, 5.74) is 27.2. The summed E-state index contributed by atoms with van der Waals surface area (Å²) < 4.78 is 140. The molecule has 23 rings (SSSR count). The number of fused-ring (bicyclic) bond motifs is 8. The van der Waals surface area contributed by atoms with Gasteiger partial charge in [0.15, 0.2) is 100 Å². The first-order valence-corrected chi connectivity index (χ1v) is 51.3. The van der Waals surface area contributed by atoms with Crippen LogP contribution in [-0.4, -0.2) is 327 Å². The average Bonchev–Trinajstić information content (AvgIpc) is 1.23. The molecule has 1 spiro atoms. The third kappa shape index (κ3) is 20.5. The quantitative estimate of drug-likeness (QED) is 0.0558. The number of nitrogen functional groups attached to an aromatic ring is 4. The van der Waals surface area contributed by atoms with Crippen molar-refractivity contribution in [1.29, 1.82) is 0 Å². The molecular formula is C92H103F6N33O13S2. The van der Waals surface area contributed by atoms with E-state index in [1.807, 2.05) is 15.9 Å². The number of nitrogens with one attached hydrogen (secondary N) is 4. The molecule has 0 unspecified atom stereocenters. The van der Waals surface area contributed by atoms with E-state index in [1.54, 1.807) is 39.4 Å². The Morgan fingerprint density at radius 1 is 0.370 bits per heavy atom. The molecule has 12 N–H and O–H groups in total. The number of anilines is 12. The molecule has 0 aliphatic carbocycles. The normalized spacial score (nSPS) is 19.0. The Bertz CT molecular complexity index is 7350. The Morgan fingerprint density at radius 2 is 0.678 bits per heavy atom. The number of hydrogen-bond acceptors (Lipinski definition) is 34. The number of amides is 8. The lowest BCUT2D eigenvalue weighted by molar-refractivity contribution is -0.197. The third-order valence-electron chi connectivity index (χ3n) is 28.5. The Labute approximate surface area is 828 Å². The van der Waals surface area contributed by atoms with E-state index >= 15 is 4.39 Å². The average molecular weight is 2060 g/mol. The topological polar surface area (TPSA) is 568 Å². The predicted octanol–water partition coefficient (Wildman–Crippen LogP) is 4.21. The van der Waals surface area contributed by atoms with Crippen LogP contribution in [0.15, 0.2) is 111 Å². The molecule has 11 fully saturated rings. The molecule has 12 aromatic rings. The van der Waals surface area contributed by atoms with Gasteiger partial charge in [-0.1, -0.05) is 0 Å². The second kappa shape index (κ2) is 40.7. The molecule has 11 aliphatic rings. The molecule has 0 atom stereocenters. The first-order valence-electron chi connectivity index (χ1n) is 47.4. The lowest BCUT2D eigenvalue weighted by atomic mass is 9.77. The van der Waals surface area contributed by atoms with Crippen molar-refractivity contribution in [3.63, 3.8) is 0 Å². The number of sulfone groups is 2. The highest BCUT2D eigenvalue weighted by atomic mass is 32.2. The van der Waals surface area contributed by atoms with E-state index in [1.165, 1.54) is 24.8 Å². The van der Waals surface area contributed by atoms with E-state index in [9.17, 15) is 77.1 Å². The molecular weight excluding hydrogens is 1950 g/mol. The molecule has 8 amide bonds. The largest absolute Gasteiger partial charge is 0.381 e. The van der Waals surface area contributed by atoms with Crippen LogP contribution >= 0.6 is 0 Å². The van der Waals surface area contributed by atoms with Crippen molar-refractivity contribution >= 4 is 158 Å². The number of likely N-dealkylation sites (tertiary alicyclic amines) is 3. The van der Waals surface area contributed by atoms with E-state index in [0.717, 1.165) is 176 Å². The number of ether oxygens (including phenoxy) is 1. The van der Waals surface area contributed by atoms with Crippen LogP contribution in [0.3, 0.4) is 0 Å². The van der Waals surface area contributed by atoms with Crippen molar-refractivity contribution in [1.82, 2.24) is 103 Å². The van der Waals surface area contributed by atoms with Crippen LogP contribution in [0.2, 0.25) is 0 Å². The summed E-state index contributed by atoms with van der Waals surface area (Å²) >= 11 is 0. The minimum atomic E-state index is -3.18. The SMILES string of the molecule is CS(=O)(=O)C1CN(C(=O)C2CCN(c3c(F)cncc3NC(=O)c3c(N)nn4cc(F)cnc34)CC2)C1.CS(=O)(=O)C1CN(C(=O)C2CCN(c3ccncc3NC(=O)c3c(N)nn4cc(F)cnc34)CC2)C1.Nc1nn2cc(F)cnc2c1C(=O)Nc1cncc(F)c1N1CCC(C(=O)N2CCN3CCC2CC3)CC1.Nc1nn2cc(F)cnc2c1C(=O)Nc1cnccc1N1CCC(C(=O)N2CC3(COC3)C2)CC1. The number of pyridine rings is 4. The summed E-state index contributed by atoms with van der Waals surface area (Å²) in [5.74, 6) is -6.88. The van der Waals surface area contributed by atoms with Gasteiger partial charge in [0, 0.05) is 172 Å². The maximum atomic E-state index is 15.1. The fourth-order valence-electron chi connectivity index (χ4n) is 20.4. The molecule has 46 nitrogen and oxygen atoms in total. The van der Waals surface area contributed by atoms with Crippen molar-refractivity contribution in [3.05, 3.63) is 168 Å². The fraction of sp³-hybridized carbons (Fsp3) is 0.435. The molecule has 12 aromatic heterocycles. The third-order valence-corrected chi connectivity index (χ3v) is 31.5. The maximum Gasteiger partial charge on any atom is 0.263 e. The number of carbonyl (C=O) groups is 8. The van der Waals surface area contributed by atoms with Crippen molar-refractivity contribution in [2.75, 3.05) is 207 Å². The molecule has 0 aromatic carbocycles. The predicted molar refractivity (Wildman–Crippen MR) is 519 cm³/mol. The Hall–Kier alpha value is -15.4. The zero-order valence-electron chi connectivity index (χ0n) is 79.0. The Balaban J connectivity index is 0.000000123. The van der Waals surface area contributed by atoms with Gasteiger partial charge in [-0.2, -0.15) is 0 Å². The smallest absolute Gasteiger partial charge is 0.263 e. The number of carbonyl (C=O) groups excluding carboxylic acids is 8. The highest BCUT2D eigenvalue weighted by Crippen LogP contribution is 2.43. The van der Waals surface area contributed by atoms with Gasteiger partial charge < -0.3 is 93.0 Å². The Kier molecular flexibility index (Phi) is 27.7. The van der Waals surface area contributed by atoms with Gasteiger partial charge in [0.1, 0.15) is 33.6 Å². The van der Waals surface area contributed by atoms with Crippen molar-refractivity contribution < 1.29 is 86.3 Å². The number of rotatable bonds is 18. The summed E-state index contributed by atoms with van der Waals surface area (Å²) in [7, 11) is -6.31. The number of aromatic nitrogens is 16. The molecule has 11 saturated heterocycles. The molecule has 0 radical (unpaired) electrons. The van der Waals surface area contributed by atoms with Gasteiger partial charge in [-0.05, 0) is 76.3 Å². The first-order chi connectivity index (χ1) is 69.9. The summed E-state index contributed by atoms with van der Waals surface area (Å²) in [6.45, 7) is 12.0. The van der Waals surface area contributed by atoms with E-state index in [-0.39, 0.29) is 170 Å². The van der Waals surface area contributed by atoms with Crippen molar-refractivity contribution in [3.8, 4) is 0 Å². The first kappa shape index (κ1) is 99.4. The maximum absolute atomic E-state index is 15.1. The van der Waals surface area contributed by atoms with Gasteiger partial charge in [-0.3, -0.25) is 58.3 Å². The molecule has 768 valence electrons. The zero-order valence-corrected chi connectivity index (χ0v) is 80.7. The van der Waals surface area contributed by atoms with Gasteiger partial charge in [-0.25, -0.2) is 81.2 Å². The van der Waals surface area contributed by atoms with Gasteiger partial charge in [0.05, 0.1) is 150 Å². The van der Waals surface area contributed by atoms with Crippen LogP contribution in [0.5, 0.6) is 0 Å². The van der Waals surface area contributed by atoms with Gasteiger partial charge >= 0.3 is 0 Å². The Morgan fingerprint density at radius 3 is 1.00 bits per heavy atom. The monoisotopic (exact) mass is 2060 g/mol. The standard InChI is InChI=1S/C25H29F2N9O2.C23H25FN8O3.C22H24F2N8O4S.C22H25FN8O4S/c26-16-11-30-23-20(22(28)32-36(23)14-16)24(37)31-19-13-29-12-18(27)21(19)34-7-1-15(2-8-34)25(38)35-10-9-33-5-3-17(35)4-6-33;24-15-7-27-20-18(19(25)29-32(20)9-15)21(33)28-16-8-26-4-1-17(16)30-5-2-14(3-6-30)22(34)31-10-23(11-31)12-35-13-23;1-37(35,36)14-10-31(11-14)22(34)12-2-4-30(5-3-12)18-15(24)7-26-8-16(18)28-21(33)17-19(25)29-32-9-13(23)6-27-20(17)32;1-36(34,35)15-11-30(12-15)22(33)13-3-6-29(7-4-13)17-2-5-25-9-16(17)27-21(32)18-19(24)28-31-10-14(23)8-26-20(18)31/h11-15,17H,1-10H2,(H2,28,32)(H,31,37);1,4,7-9,14H,2-3,5-6,10-13H2,(H2,25,29)(H,28,33);6-9,12,14H,2-5,10-11H2,1H3,(H2,25,29)(H,28,33);2,5,8-10,13,15H,3-4,6-7,11-12H2,1H3,(H2,24,28)(H,27,32). The van der Waals surface area contributed by atoms with E-state index < -0.39 is 88.7 Å². The number of piperidine rings is 5. The van der Waals surface area contributed by atoms with Crippen LogP contribution in [0.1, 0.15) is 106 Å². The van der Waals surface area contributed by atoms with Crippen LogP contribution in [0.4, 0.5) is 95.1 Å².